The van der Waals surface area contributed by atoms with Crippen molar-refractivity contribution in [3.8, 4) is 5.75 Å². The molecule has 154 valence electrons. The fourth-order valence-electron chi connectivity index (χ4n) is 4.09. The third-order valence-corrected chi connectivity index (χ3v) is 5.70. The third kappa shape index (κ3) is 3.95. The molecule has 9 nitrogen and oxygen atoms in total. The number of amides is 1. The first-order valence-corrected chi connectivity index (χ1v) is 9.85. The van der Waals surface area contributed by atoms with Crippen molar-refractivity contribution in [1.82, 2.24) is 19.6 Å². The van der Waals surface area contributed by atoms with Gasteiger partial charge in [0.15, 0.2) is 0 Å². The molecule has 0 atom stereocenters. The molecule has 4 rings (SSSR count). The van der Waals surface area contributed by atoms with Crippen LogP contribution in [0.3, 0.4) is 0 Å². The largest absolute Gasteiger partial charge is 0.493 e. The molecule has 0 aliphatic carbocycles. The quantitative estimate of drug-likeness (QED) is 0.561. The van der Waals surface area contributed by atoms with Gasteiger partial charge in [0.25, 0.3) is 0 Å². The number of ether oxygens (including phenoxy) is 1. The van der Waals surface area contributed by atoms with Crippen LogP contribution in [0.2, 0.25) is 0 Å². The van der Waals surface area contributed by atoms with Crippen LogP contribution >= 0.6 is 0 Å². The molecule has 0 bridgehead atoms. The summed E-state index contributed by atoms with van der Waals surface area (Å²) in [5.74, 6) is 0.938. The van der Waals surface area contributed by atoms with Gasteiger partial charge in [-0.15, -0.1) is 0 Å². The Kier molecular flexibility index (Phi) is 5.23. The zero-order chi connectivity index (χ0) is 20.5. The maximum atomic E-state index is 12.7. The Morgan fingerprint density at radius 1 is 1.24 bits per heavy atom. The maximum absolute atomic E-state index is 12.7. The SMILES string of the molecule is Cc1nn(CC(=O)N2CCN(Cc3ccc4c(c3)CCO4)CC2)c(C)c1[N+](=O)[O-]. The van der Waals surface area contributed by atoms with Crippen molar-refractivity contribution in [2.75, 3.05) is 32.8 Å². The lowest BCUT2D eigenvalue weighted by Gasteiger charge is -2.34. The zero-order valence-electron chi connectivity index (χ0n) is 16.8. The number of piperazine rings is 1. The van der Waals surface area contributed by atoms with E-state index in [1.807, 2.05) is 11.0 Å². The summed E-state index contributed by atoms with van der Waals surface area (Å²) in [5.41, 5.74) is 3.28. The standard InChI is InChI=1S/C20H25N5O4/c1-14-20(25(27)28)15(2)24(21-14)13-19(26)23-8-6-22(7-9-23)12-16-3-4-18-17(11-16)5-10-29-18/h3-4,11H,5-10,12-13H2,1-2H3. The number of benzene rings is 1. The molecule has 1 fully saturated rings. The lowest BCUT2D eigenvalue weighted by atomic mass is 10.1. The normalized spacial score (nSPS) is 16.6. The Morgan fingerprint density at radius 2 is 2.00 bits per heavy atom. The van der Waals surface area contributed by atoms with Gasteiger partial charge in [-0.05, 0) is 31.0 Å². The van der Waals surface area contributed by atoms with E-state index in [1.54, 1.807) is 13.8 Å². The average Bonchev–Trinajstić information content (AvgIpc) is 3.26. The molecule has 1 saturated heterocycles. The molecule has 0 spiro atoms. The van der Waals surface area contributed by atoms with Gasteiger partial charge in [-0.25, -0.2) is 0 Å². The molecule has 9 heteroatoms. The lowest BCUT2D eigenvalue weighted by molar-refractivity contribution is -0.386. The topological polar surface area (TPSA) is 93.7 Å². The first kappa shape index (κ1) is 19.4. The van der Waals surface area contributed by atoms with E-state index in [2.05, 4.69) is 22.1 Å². The molecule has 0 radical (unpaired) electrons. The van der Waals surface area contributed by atoms with Crippen LogP contribution in [0.4, 0.5) is 5.69 Å². The van der Waals surface area contributed by atoms with E-state index in [0.717, 1.165) is 38.4 Å². The van der Waals surface area contributed by atoms with Gasteiger partial charge >= 0.3 is 5.69 Å². The van der Waals surface area contributed by atoms with Crippen LogP contribution in [0.25, 0.3) is 0 Å². The molecule has 2 aliphatic heterocycles. The number of nitrogens with zero attached hydrogens (tertiary/aromatic N) is 5. The fourth-order valence-corrected chi connectivity index (χ4v) is 4.09. The van der Waals surface area contributed by atoms with Gasteiger partial charge < -0.3 is 9.64 Å². The Hall–Kier alpha value is -2.94. The molecule has 0 saturated carbocycles. The highest BCUT2D eigenvalue weighted by Gasteiger charge is 2.26. The van der Waals surface area contributed by atoms with E-state index in [1.165, 1.54) is 15.8 Å². The van der Waals surface area contributed by atoms with Gasteiger partial charge in [-0.1, -0.05) is 12.1 Å². The highest BCUT2D eigenvalue weighted by atomic mass is 16.6. The number of hydrogen-bond donors (Lipinski definition) is 0. The number of rotatable bonds is 5. The summed E-state index contributed by atoms with van der Waals surface area (Å²) in [6, 6.07) is 6.37. The first-order valence-electron chi connectivity index (χ1n) is 9.85. The monoisotopic (exact) mass is 399 g/mol. The lowest BCUT2D eigenvalue weighted by Crippen LogP contribution is -2.49. The minimum absolute atomic E-state index is 0.0117. The summed E-state index contributed by atoms with van der Waals surface area (Å²) in [6.45, 7) is 7.78. The maximum Gasteiger partial charge on any atom is 0.312 e. The van der Waals surface area contributed by atoms with E-state index >= 15 is 0 Å². The number of carbonyl (C=O) groups excluding carboxylic acids is 1. The molecular formula is C20H25N5O4. The van der Waals surface area contributed by atoms with Gasteiger partial charge in [-0.2, -0.15) is 5.10 Å². The summed E-state index contributed by atoms with van der Waals surface area (Å²) in [4.78, 5) is 27.5. The number of aryl methyl sites for hydroxylation is 1. The second kappa shape index (κ2) is 7.82. The minimum atomic E-state index is -0.442. The van der Waals surface area contributed by atoms with Crippen LogP contribution < -0.4 is 4.74 Å². The molecule has 0 unspecified atom stereocenters. The van der Waals surface area contributed by atoms with Crippen LogP contribution in [0, 0.1) is 24.0 Å². The molecule has 1 aromatic heterocycles. The Morgan fingerprint density at radius 3 is 2.69 bits per heavy atom. The fraction of sp³-hybridized carbons (Fsp3) is 0.500. The van der Waals surface area contributed by atoms with Gasteiger partial charge in [0.2, 0.25) is 5.91 Å². The van der Waals surface area contributed by atoms with Gasteiger partial charge in [0.05, 0.1) is 11.5 Å². The number of aromatic nitrogens is 2. The minimum Gasteiger partial charge on any atom is -0.493 e. The predicted molar refractivity (Wildman–Crippen MR) is 106 cm³/mol. The second-order valence-electron chi connectivity index (χ2n) is 7.63. The summed E-state index contributed by atoms with van der Waals surface area (Å²) in [7, 11) is 0. The van der Waals surface area contributed by atoms with Crippen molar-refractivity contribution in [1.29, 1.82) is 0 Å². The van der Waals surface area contributed by atoms with Crippen molar-refractivity contribution in [2.24, 2.45) is 0 Å². The summed E-state index contributed by atoms with van der Waals surface area (Å²) < 4.78 is 7.00. The van der Waals surface area contributed by atoms with Gasteiger partial charge in [0, 0.05) is 39.1 Å². The van der Waals surface area contributed by atoms with Crippen LogP contribution in [0.1, 0.15) is 22.5 Å². The molecule has 1 aromatic carbocycles. The average molecular weight is 399 g/mol. The number of nitro groups is 1. The van der Waals surface area contributed by atoms with Crippen molar-refractivity contribution in [3.63, 3.8) is 0 Å². The predicted octanol–water partition coefficient (Wildman–Crippen LogP) is 1.69. The second-order valence-corrected chi connectivity index (χ2v) is 7.63. The van der Waals surface area contributed by atoms with E-state index in [0.29, 0.717) is 24.5 Å². The summed E-state index contributed by atoms with van der Waals surface area (Å²) in [6.07, 6.45) is 0.968. The van der Waals surface area contributed by atoms with E-state index in [-0.39, 0.29) is 18.1 Å². The molecule has 3 heterocycles. The molecule has 1 amide bonds. The molecule has 0 N–H and O–H groups in total. The Balaban J connectivity index is 1.32. The summed E-state index contributed by atoms with van der Waals surface area (Å²) >= 11 is 0. The smallest absolute Gasteiger partial charge is 0.312 e. The van der Waals surface area contributed by atoms with E-state index < -0.39 is 4.92 Å². The number of carbonyl (C=O) groups is 1. The highest BCUT2D eigenvalue weighted by molar-refractivity contribution is 5.76. The Labute approximate surface area is 169 Å². The number of hydrogen-bond acceptors (Lipinski definition) is 6. The van der Waals surface area contributed by atoms with Gasteiger partial charge in [-0.3, -0.25) is 24.5 Å². The third-order valence-electron chi connectivity index (χ3n) is 5.70. The van der Waals surface area contributed by atoms with E-state index in [9.17, 15) is 14.9 Å². The molecule has 29 heavy (non-hydrogen) atoms. The van der Waals surface area contributed by atoms with Crippen molar-refractivity contribution < 1.29 is 14.5 Å². The Bertz CT molecular complexity index is 947. The molecule has 2 aliphatic rings. The van der Waals surface area contributed by atoms with Crippen molar-refractivity contribution in [2.45, 2.75) is 33.4 Å². The van der Waals surface area contributed by atoms with Crippen LogP contribution in [0.5, 0.6) is 5.75 Å². The van der Waals surface area contributed by atoms with Crippen LogP contribution in [-0.2, 0) is 24.3 Å². The van der Waals surface area contributed by atoms with E-state index in [4.69, 9.17) is 4.74 Å². The summed E-state index contributed by atoms with van der Waals surface area (Å²) in [5, 5.41) is 15.3. The van der Waals surface area contributed by atoms with Crippen LogP contribution in [0.15, 0.2) is 18.2 Å². The van der Waals surface area contributed by atoms with Crippen molar-refractivity contribution in [3.05, 3.63) is 50.8 Å². The molecular weight excluding hydrogens is 374 g/mol. The molecule has 2 aromatic rings. The first-order chi connectivity index (χ1) is 13.9. The highest BCUT2D eigenvalue weighted by Crippen LogP contribution is 2.26. The number of fused-ring (bicyclic) bond motifs is 1. The van der Waals surface area contributed by atoms with Crippen LogP contribution in [-0.4, -0.2) is 63.2 Å². The zero-order valence-corrected chi connectivity index (χ0v) is 16.8. The van der Waals surface area contributed by atoms with Crippen molar-refractivity contribution >= 4 is 11.6 Å². The van der Waals surface area contributed by atoms with Gasteiger partial charge in [0.1, 0.15) is 23.7 Å².